The van der Waals surface area contributed by atoms with Gasteiger partial charge in [0.15, 0.2) is 0 Å². The van der Waals surface area contributed by atoms with Gasteiger partial charge in [0.2, 0.25) is 5.91 Å². The Labute approximate surface area is 149 Å². The van der Waals surface area contributed by atoms with E-state index in [2.05, 4.69) is 11.2 Å². The number of carbonyl (C=O) groups excluding carboxylic acids is 3. The van der Waals surface area contributed by atoms with E-state index >= 15 is 0 Å². The van der Waals surface area contributed by atoms with Crippen LogP contribution in [0.15, 0.2) is 0 Å². The maximum absolute atomic E-state index is 12.4. The minimum absolute atomic E-state index is 0.0709. The smallest absolute Gasteiger partial charge is 0.410 e. The number of carbonyl (C=O) groups is 3. The van der Waals surface area contributed by atoms with Gasteiger partial charge >= 0.3 is 12.1 Å². The number of likely N-dealkylation sites (tertiary alicyclic amines) is 1. The summed E-state index contributed by atoms with van der Waals surface area (Å²) in [5.74, 6) is 1.30. The number of amides is 2. The Morgan fingerprint density at radius 3 is 2.60 bits per heavy atom. The Morgan fingerprint density at radius 1 is 1.36 bits per heavy atom. The molecule has 7 nitrogen and oxygen atoms in total. The van der Waals surface area contributed by atoms with Gasteiger partial charge in [-0.15, -0.1) is 6.42 Å². The Balaban J connectivity index is 2.58. The van der Waals surface area contributed by atoms with Crippen molar-refractivity contribution in [2.24, 2.45) is 5.92 Å². The van der Waals surface area contributed by atoms with Crippen molar-refractivity contribution in [1.29, 1.82) is 0 Å². The van der Waals surface area contributed by atoms with Crippen molar-refractivity contribution in [1.82, 2.24) is 10.2 Å². The van der Waals surface area contributed by atoms with Gasteiger partial charge in [0.1, 0.15) is 11.6 Å². The molecule has 7 heteroatoms. The van der Waals surface area contributed by atoms with Crippen LogP contribution in [0.5, 0.6) is 0 Å². The zero-order valence-electron chi connectivity index (χ0n) is 15.5. The van der Waals surface area contributed by atoms with E-state index in [0.717, 1.165) is 0 Å². The molecule has 2 amide bonds. The van der Waals surface area contributed by atoms with Crippen LogP contribution < -0.4 is 5.32 Å². The van der Waals surface area contributed by atoms with E-state index in [0.29, 0.717) is 19.4 Å². The Kier molecular flexibility index (Phi) is 7.75. The molecular formula is C18H28N2O5. The van der Waals surface area contributed by atoms with Crippen LogP contribution in [0.4, 0.5) is 4.79 Å². The highest BCUT2D eigenvalue weighted by molar-refractivity contribution is 5.81. The molecule has 1 saturated heterocycles. The zero-order valence-corrected chi connectivity index (χ0v) is 15.5. The highest BCUT2D eigenvalue weighted by Crippen LogP contribution is 2.19. The van der Waals surface area contributed by atoms with Crippen LogP contribution in [0.1, 0.15) is 47.0 Å². The molecule has 1 N–H and O–H groups in total. The van der Waals surface area contributed by atoms with Crippen LogP contribution in [0.3, 0.4) is 0 Å². The number of ether oxygens (including phenoxy) is 2. The molecule has 0 aromatic heterocycles. The van der Waals surface area contributed by atoms with Crippen LogP contribution in [0.2, 0.25) is 0 Å². The third-order valence-corrected chi connectivity index (χ3v) is 3.64. The molecular weight excluding hydrogens is 324 g/mol. The molecule has 1 fully saturated rings. The molecule has 0 bridgehead atoms. The Hall–Kier alpha value is -2.23. The Bertz CT molecular complexity index is 533. The summed E-state index contributed by atoms with van der Waals surface area (Å²) in [6, 6.07) is -0.719. The summed E-state index contributed by atoms with van der Waals surface area (Å²) in [5, 5.41) is 2.68. The van der Waals surface area contributed by atoms with Gasteiger partial charge in [-0.05, 0) is 40.5 Å². The number of piperidine rings is 1. The lowest BCUT2D eigenvalue weighted by molar-refractivity contribution is -0.143. The number of rotatable bonds is 5. The lowest BCUT2D eigenvalue weighted by atomic mass is 9.97. The fourth-order valence-electron chi connectivity index (χ4n) is 2.51. The van der Waals surface area contributed by atoms with E-state index in [1.165, 1.54) is 4.90 Å². The van der Waals surface area contributed by atoms with Gasteiger partial charge in [0, 0.05) is 13.1 Å². The molecule has 1 aliphatic rings. The predicted molar refractivity (Wildman–Crippen MR) is 92.5 cm³/mol. The second-order valence-corrected chi connectivity index (χ2v) is 7.00. The van der Waals surface area contributed by atoms with Crippen LogP contribution in [-0.4, -0.2) is 54.2 Å². The quantitative estimate of drug-likeness (QED) is 0.601. The first-order chi connectivity index (χ1) is 11.7. The average molecular weight is 352 g/mol. The summed E-state index contributed by atoms with van der Waals surface area (Å²) in [7, 11) is 0. The number of esters is 1. The second-order valence-electron chi connectivity index (χ2n) is 7.00. The molecule has 1 aliphatic heterocycles. The molecule has 1 rings (SSSR count). The SMILES string of the molecule is C#C[C@H](CC(=O)OCC)NC(=O)[C@@H]1CCCN(C(=O)OC(C)(C)C)C1. The molecule has 0 spiro atoms. The average Bonchev–Trinajstić information content (AvgIpc) is 2.52. The van der Waals surface area contributed by atoms with E-state index in [1.807, 2.05) is 0 Å². The van der Waals surface area contributed by atoms with E-state index in [4.69, 9.17) is 15.9 Å². The number of nitrogens with one attached hydrogen (secondary N) is 1. The van der Waals surface area contributed by atoms with Crippen molar-refractivity contribution in [3.8, 4) is 12.3 Å². The van der Waals surface area contributed by atoms with E-state index in [9.17, 15) is 14.4 Å². The molecule has 0 saturated carbocycles. The molecule has 0 radical (unpaired) electrons. The third-order valence-electron chi connectivity index (χ3n) is 3.64. The molecule has 2 atom stereocenters. The highest BCUT2D eigenvalue weighted by Gasteiger charge is 2.31. The van der Waals surface area contributed by atoms with E-state index in [-0.39, 0.29) is 31.4 Å². The van der Waals surface area contributed by atoms with Gasteiger partial charge in [-0.3, -0.25) is 9.59 Å². The Morgan fingerprint density at radius 2 is 2.04 bits per heavy atom. The summed E-state index contributed by atoms with van der Waals surface area (Å²) >= 11 is 0. The van der Waals surface area contributed by atoms with Crippen LogP contribution in [0.25, 0.3) is 0 Å². The molecule has 0 aromatic carbocycles. The number of terminal acetylenes is 1. The first kappa shape index (κ1) is 20.8. The van der Waals surface area contributed by atoms with Crippen molar-refractivity contribution in [2.75, 3.05) is 19.7 Å². The minimum atomic E-state index is -0.719. The molecule has 1 heterocycles. The van der Waals surface area contributed by atoms with Gasteiger partial charge < -0.3 is 19.7 Å². The van der Waals surface area contributed by atoms with Crippen molar-refractivity contribution in [3.05, 3.63) is 0 Å². The highest BCUT2D eigenvalue weighted by atomic mass is 16.6. The maximum Gasteiger partial charge on any atom is 0.410 e. The monoisotopic (exact) mass is 352 g/mol. The standard InChI is InChI=1S/C18H28N2O5/c1-6-14(11-15(21)24-7-2)19-16(22)13-9-8-10-20(12-13)17(23)25-18(3,4)5/h1,13-14H,7-12H2,2-5H3,(H,19,22)/t13-,14-/m1/s1. The van der Waals surface area contributed by atoms with Crippen molar-refractivity contribution in [2.45, 2.75) is 58.6 Å². The van der Waals surface area contributed by atoms with Gasteiger partial charge in [-0.2, -0.15) is 0 Å². The molecule has 25 heavy (non-hydrogen) atoms. The fourth-order valence-corrected chi connectivity index (χ4v) is 2.51. The maximum atomic E-state index is 12.4. The first-order valence-electron chi connectivity index (χ1n) is 8.56. The summed E-state index contributed by atoms with van der Waals surface area (Å²) in [6.07, 6.45) is 6.25. The lowest BCUT2D eigenvalue weighted by Crippen LogP contribution is -2.48. The van der Waals surface area contributed by atoms with Crippen molar-refractivity contribution in [3.63, 3.8) is 0 Å². The summed E-state index contributed by atoms with van der Waals surface area (Å²) in [4.78, 5) is 37.6. The van der Waals surface area contributed by atoms with E-state index < -0.39 is 23.7 Å². The van der Waals surface area contributed by atoms with Crippen molar-refractivity contribution >= 4 is 18.0 Å². The fraction of sp³-hybridized carbons (Fsp3) is 0.722. The minimum Gasteiger partial charge on any atom is -0.466 e. The number of hydrogen-bond acceptors (Lipinski definition) is 5. The number of hydrogen-bond donors (Lipinski definition) is 1. The zero-order chi connectivity index (χ0) is 19.0. The first-order valence-corrected chi connectivity index (χ1v) is 8.56. The molecule has 0 aromatic rings. The lowest BCUT2D eigenvalue weighted by Gasteiger charge is -2.33. The topological polar surface area (TPSA) is 84.9 Å². The van der Waals surface area contributed by atoms with Gasteiger partial charge in [0.05, 0.1) is 18.9 Å². The van der Waals surface area contributed by atoms with Gasteiger partial charge in [-0.25, -0.2) is 4.79 Å². The summed E-state index contributed by atoms with van der Waals surface area (Å²) < 4.78 is 10.2. The van der Waals surface area contributed by atoms with Crippen LogP contribution in [0, 0.1) is 18.3 Å². The van der Waals surface area contributed by atoms with Crippen molar-refractivity contribution < 1.29 is 23.9 Å². The summed E-state index contributed by atoms with van der Waals surface area (Å²) in [6.45, 7) is 8.19. The predicted octanol–water partition coefficient (Wildman–Crippen LogP) is 1.70. The molecule has 0 aliphatic carbocycles. The number of nitrogens with zero attached hydrogens (tertiary/aromatic N) is 1. The largest absolute Gasteiger partial charge is 0.466 e. The van der Waals surface area contributed by atoms with Gasteiger partial charge in [-0.1, -0.05) is 5.92 Å². The normalized spacial score (nSPS) is 18.7. The molecule has 140 valence electrons. The third kappa shape index (κ3) is 7.46. The van der Waals surface area contributed by atoms with Crippen LogP contribution >= 0.6 is 0 Å². The second kappa shape index (κ2) is 9.30. The molecule has 0 unspecified atom stereocenters. The van der Waals surface area contributed by atoms with Crippen LogP contribution in [-0.2, 0) is 19.1 Å². The van der Waals surface area contributed by atoms with Gasteiger partial charge in [0.25, 0.3) is 0 Å². The summed E-state index contributed by atoms with van der Waals surface area (Å²) in [5.41, 5.74) is -0.583. The van der Waals surface area contributed by atoms with E-state index in [1.54, 1.807) is 27.7 Å².